The van der Waals surface area contributed by atoms with Crippen LogP contribution in [0.15, 0.2) is 18.2 Å². The molecule has 4 nitrogen and oxygen atoms in total. The van der Waals surface area contributed by atoms with E-state index in [2.05, 4.69) is 11.4 Å². The van der Waals surface area contributed by atoms with Crippen molar-refractivity contribution < 1.29 is 14.3 Å². The maximum absolute atomic E-state index is 12.1. The van der Waals surface area contributed by atoms with Gasteiger partial charge in [0.2, 0.25) is 5.91 Å². The van der Waals surface area contributed by atoms with Gasteiger partial charge in [0, 0.05) is 18.4 Å². The van der Waals surface area contributed by atoms with Gasteiger partial charge in [0.15, 0.2) is 11.5 Å². The molecule has 0 aromatic heterocycles. The lowest BCUT2D eigenvalue weighted by atomic mass is 9.96. The Morgan fingerprint density at radius 1 is 1.38 bits per heavy atom. The Morgan fingerprint density at radius 2 is 2.19 bits per heavy atom. The Hall–Kier alpha value is -1.71. The van der Waals surface area contributed by atoms with Gasteiger partial charge in [0.25, 0.3) is 0 Å². The van der Waals surface area contributed by atoms with E-state index < -0.39 is 0 Å². The van der Waals surface area contributed by atoms with Gasteiger partial charge in [-0.05, 0) is 30.9 Å². The molecule has 0 saturated heterocycles. The van der Waals surface area contributed by atoms with Gasteiger partial charge in [-0.2, -0.15) is 0 Å². The fourth-order valence-electron chi connectivity index (χ4n) is 3.33. The summed E-state index contributed by atoms with van der Waals surface area (Å²) in [6.07, 6.45) is 5.41. The highest BCUT2D eigenvalue weighted by molar-refractivity contribution is 5.78. The molecule has 1 fully saturated rings. The fraction of sp³-hybridized carbons (Fsp3) is 0.588. The van der Waals surface area contributed by atoms with E-state index in [4.69, 9.17) is 9.47 Å². The van der Waals surface area contributed by atoms with Gasteiger partial charge < -0.3 is 14.8 Å². The topological polar surface area (TPSA) is 47.6 Å². The van der Waals surface area contributed by atoms with Crippen LogP contribution >= 0.6 is 0 Å². The predicted molar refractivity (Wildman–Crippen MR) is 80.7 cm³/mol. The molecule has 1 aromatic rings. The first kappa shape index (κ1) is 14.2. The van der Waals surface area contributed by atoms with Crippen LogP contribution in [-0.2, 0) is 11.2 Å². The molecule has 1 atom stereocenters. The van der Waals surface area contributed by atoms with Gasteiger partial charge in [0.1, 0.15) is 0 Å². The number of hydrogen-bond donors (Lipinski definition) is 1. The number of para-hydroxylation sites is 1. The summed E-state index contributed by atoms with van der Waals surface area (Å²) in [6, 6.07) is 5.98. The molecule has 1 saturated carbocycles. The second-order valence-electron chi connectivity index (χ2n) is 6.06. The summed E-state index contributed by atoms with van der Waals surface area (Å²) >= 11 is 0. The number of carbonyl (C=O) groups excluding carboxylic acids is 1. The molecule has 21 heavy (non-hydrogen) atoms. The molecule has 1 amide bonds. The zero-order valence-corrected chi connectivity index (χ0v) is 12.6. The first-order valence-electron chi connectivity index (χ1n) is 7.84. The highest BCUT2D eigenvalue weighted by Gasteiger charge is 2.26. The summed E-state index contributed by atoms with van der Waals surface area (Å²) in [4.78, 5) is 12.1. The van der Waals surface area contributed by atoms with Crippen LogP contribution in [0.5, 0.6) is 11.5 Å². The number of carbonyl (C=O) groups is 1. The Morgan fingerprint density at radius 3 is 2.95 bits per heavy atom. The highest BCUT2D eigenvalue weighted by atomic mass is 16.5. The van der Waals surface area contributed by atoms with Crippen molar-refractivity contribution in [3.05, 3.63) is 23.8 Å². The zero-order chi connectivity index (χ0) is 14.7. The van der Waals surface area contributed by atoms with Gasteiger partial charge in [-0.25, -0.2) is 0 Å². The van der Waals surface area contributed by atoms with Crippen molar-refractivity contribution in [3.63, 3.8) is 0 Å². The van der Waals surface area contributed by atoms with Crippen LogP contribution in [0, 0.1) is 11.8 Å². The molecule has 1 aliphatic carbocycles. The second-order valence-corrected chi connectivity index (χ2v) is 6.06. The number of amides is 1. The quantitative estimate of drug-likeness (QED) is 0.926. The van der Waals surface area contributed by atoms with Crippen molar-refractivity contribution in [1.82, 2.24) is 5.32 Å². The maximum Gasteiger partial charge on any atom is 0.223 e. The summed E-state index contributed by atoms with van der Waals surface area (Å²) in [5.74, 6) is 2.46. The van der Waals surface area contributed by atoms with Gasteiger partial charge in [0.05, 0.1) is 13.7 Å². The molecule has 1 N–H and O–H groups in total. The third-order valence-corrected chi connectivity index (χ3v) is 4.54. The minimum Gasteiger partial charge on any atom is -0.493 e. The van der Waals surface area contributed by atoms with Crippen molar-refractivity contribution in [2.24, 2.45) is 11.8 Å². The number of methoxy groups -OCH3 is 1. The first-order valence-corrected chi connectivity index (χ1v) is 7.84. The van der Waals surface area contributed by atoms with Gasteiger partial charge in [-0.3, -0.25) is 4.79 Å². The number of hydrogen-bond acceptors (Lipinski definition) is 3. The van der Waals surface area contributed by atoms with E-state index >= 15 is 0 Å². The van der Waals surface area contributed by atoms with Gasteiger partial charge >= 0.3 is 0 Å². The highest BCUT2D eigenvalue weighted by Crippen LogP contribution is 2.35. The lowest BCUT2D eigenvalue weighted by Gasteiger charge is -2.27. The largest absolute Gasteiger partial charge is 0.493 e. The van der Waals surface area contributed by atoms with Crippen molar-refractivity contribution in [2.75, 3.05) is 20.3 Å². The molecule has 4 heteroatoms. The Kier molecular flexibility index (Phi) is 4.32. The monoisotopic (exact) mass is 289 g/mol. The minimum atomic E-state index is 0.226. The molecule has 1 heterocycles. The summed E-state index contributed by atoms with van der Waals surface area (Å²) in [7, 11) is 1.66. The lowest BCUT2D eigenvalue weighted by molar-refractivity contribution is -0.125. The number of ether oxygens (including phenoxy) is 2. The molecule has 3 rings (SSSR count). The van der Waals surface area contributed by atoms with Gasteiger partial charge in [-0.1, -0.05) is 25.0 Å². The number of benzene rings is 1. The van der Waals surface area contributed by atoms with E-state index in [1.807, 2.05) is 12.1 Å². The van der Waals surface area contributed by atoms with Crippen LogP contribution in [0.25, 0.3) is 0 Å². The summed E-state index contributed by atoms with van der Waals surface area (Å²) < 4.78 is 11.2. The molecule has 0 unspecified atom stereocenters. The van der Waals surface area contributed by atoms with E-state index in [1.54, 1.807) is 7.11 Å². The summed E-state index contributed by atoms with van der Waals surface area (Å²) in [5.41, 5.74) is 1.17. The summed E-state index contributed by atoms with van der Waals surface area (Å²) in [6.45, 7) is 1.34. The third kappa shape index (κ3) is 3.14. The van der Waals surface area contributed by atoms with Crippen molar-refractivity contribution in [1.29, 1.82) is 0 Å². The van der Waals surface area contributed by atoms with Crippen LogP contribution < -0.4 is 14.8 Å². The third-order valence-electron chi connectivity index (χ3n) is 4.54. The van der Waals surface area contributed by atoms with Crippen LogP contribution in [0.3, 0.4) is 0 Å². The molecule has 1 aliphatic heterocycles. The Bertz CT molecular complexity index is 509. The molecular formula is C17H23NO3. The van der Waals surface area contributed by atoms with E-state index in [0.717, 1.165) is 30.8 Å². The molecule has 0 bridgehead atoms. The molecule has 0 radical (unpaired) electrons. The minimum absolute atomic E-state index is 0.226. The fourth-order valence-corrected chi connectivity index (χ4v) is 3.33. The van der Waals surface area contributed by atoms with Crippen molar-refractivity contribution in [2.45, 2.75) is 32.1 Å². The molecular weight excluding hydrogens is 266 g/mol. The molecule has 1 aromatic carbocycles. The van der Waals surface area contributed by atoms with E-state index in [1.165, 1.54) is 18.4 Å². The Labute approximate surface area is 125 Å². The normalized spacial score (nSPS) is 21.5. The van der Waals surface area contributed by atoms with E-state index in [0.29, 0.717) is 19.1 Å². The first-order chi connectivity index (χ1) is 10.3. The van der Waals surface area contributed by atoms with Crippen LogP contribution in [0.4, 0.5) is 0 Å². The molecule has 114 valence electrons. The van der Waals surface area contributed by atoms with Gasteiger partial charge in [-0.15, -0.1) is 0 Å². The molecule has 0 spiro atoms. The predicted octanol–water partition coefficient (Wildman–Crippen LogP) is 2.55. The van der Waals surface area contributed by atoms with Crippen molar-refractivity contribution in [3.8, 4) is 11.5 Å². The van der Waals surface area contributed by atoms with Crippen molar-refractivity contribution >= 4 is 5.91 Å². The van der Waals surface area contributed by atoms with Crippen LogP contribution in [0.1, 0.15) is 31.2 Å². The zero-order valence-electron chi connectivity index (χ0n) is 12.6. The SMILES string of the molecule is COc1cccc2c1OC[C@H](CNC(=O)C1CCCC1)C2. The van der Waals surface area contributed by atoms with E-state index in [9.17, 15) is 4.79 Å². The number of rotatable bonds is 4. The Balaban J connectivity index is 1.55. The molecule has 2 aliphatic rings. The standard InChI is InChI=1S/C17H23NO3/c1-20-15-8-4-7-14-9-12(11-21-16(14)15)10-18-17(19)13-5-2-3-6-13/h4,7-8,12-13H,2-3,5-6,9-11H2,1H3,(H,18,19)/t12-/m0/s1. The maximum atomic E-state index is 12.1. The lowest BCUT2D eigenvalue weighted by Crippen LogP contribution is -2.37. The summed E-state index contributed by atoms with van der Waals surface area (Å²) in [5, 5.41) is 3.10. The van der Waals surface area contributed by atoms with Crippen LogP contribution in [0.2, 0.25) is 0 Å². The second kappa shape index (κ2) is 6.37. The average Bonchev–Trinajstić information content (AvgIpc) is 3.06. The van der Waals surface area contributed by atoms with E-state index in [-0.39, 0.29) is 11.8 Å². The number of fused-ring (bicyclic) bond motifs is 1. The van der Waals surface area contributed by atoms with Crippen LogP contribution in [-0.4, -0.2) is 26.2 Å². The number of nitrogens with one attached hydrogen (secondary N) is 1. The average molecular weight is 289 g/mol. The smallest absolute Gasteiger partial charge is 0.223 e.